The van der Waals surface area contributed by atoms with Crippen molar-refractivity contribution in [3.05, 3.63) is 140 Å². The summed E-state index contributed by atoms with van der Waals surface area (Å²) in [6.45, 7) is 0. The summed E-state index contributed by atoms with van der Waals surface area (Å²) < 4.78 is 1.87. The van der Waals surface area contributed by atoms with E-state index in [4.69, 9.17) is 20.1 Å². The van der Waals surface area contributed by atoms with Gasteiger partial charge in [-0.3, -0.25) is 0 Å². The van der Waals surface area contributed by atoms with E-state index in [2.05, 4.69) is 72.8 Å². The summed E-state index contributed by atoms with van der Waals surface area (Å²) in [7, 11) is 0. The van der Waals surface area contributed by atoms with E-state index in [0.717, 1.165) is 61.0 Å². The summed E-state index contributed by atoms with van der Waals surface area (Å²) >= 11 is 0. The van der Waals surface area contributed by atoms with E-state index in [-0.39, 0.29) is 0 Å². The molecule has 0 amide bonds. The van der Waals surface area contributed by atoms with E-state index in [0.29, 0.717) is 11.5 Å². The van der Waals surface area contributed by atoms with Gasteiger partial charge < -0.3 is 0 Å². The zero-order valence-electron chi connectivity index (χ0n) is 22.0. The molecular formula is C36H23N5. The fourth-order valence-corrected chi connectivity index (χ4v) is 5.50. The van der Waals surface area contributed by atoms with Crippen LogP contribution >= 0.6 is 0 Å². The molecule has 192 valence electrons. The summed E-state index contributed by atoms with van der Waals surface area (Å²) in [4.78, 5) is 15.1. The molecule has 0 N–H and O–H groups in total. The Morgan fingerprint density at radius 3 is 1.93 bits per heavy atom. The first-order chi connectivity index (χ1) is 20.3. The molecule has 0 saturated carbocycles. The van der Waals surface area contributed by atoms with Crippen LogP contribution in [0.5, 0.6) is 0 Å². The first-order valence-electron chi connectivity index (χ1n) is 13.6. The number of para-hydroxylation sites is 1. The minimum Gasteiger partial charge on any atom is -0.245 e. The Labute approximate surface area is 236 Å². The van der Waals surface area contributed by atoms with Gasteiger partial charge in [-0.2, -0.15) is 0 Å². The lowest BCUT2D eigenvalue weighted by molar-refractivity contribution is 0.964. The standard InChI is InChI=1S/C36H23N5/c1-3-12-24(13-4-1)26-22-30(25-14-5-2-6-15-25)36-39-35(40-41(36)23-26)33-21-11-20-32(37-33)34-29-18-8-7-16-27(29)28-17-9-10-19-31(28)38-34/h1-23H. The molecule has 0 radical (unpaired) electrons. The van der Waals surface area contributed by atoms with Crippen molar-refractivity contribution < 1.29 is 0 Å². The third kappa shape index (κ3) is 4.03. The predicted octanol–water partition coefficient (Wildman–Crippen LogP) is 8.49. The molecule has 0 aliphatic rings. The van der Waals surface area contributed by atoms with Crippen molar-refractivity contribution >= 4 is 27.3 Å². The molecule has 41 heavy (non-hydrogen) atoms. The van der Waals surface area contributed by atoms with E-state index in [1.807, 2.05) is 71.4 Å². The quantitative estimate of drug-likeness (QED) is 0.216. The van der Waals surface area contributed by atoms with Crippen LogP contribution in [-0.4, -0.2) is 24.6 Å². The highest BCUT2D eigenvalue weighted by Gasteiger charge is 2.17. The maximum atomic E-state index is 5.05. The molecule has 0 aliphatic heterocycles. The van der Waals surface area contributed by atoms with Crippen molar-refractivity contribution in [2.24, 2.45) is 0 Å². The largest absolute Gasteiger partial charge is 0.245 e. The van der Waals surface area contributed by atoms with Crippen LogP contribution in [0.25, 0.3) is 72.5 Å². The van der Waals surface area contributed by atoms with Gasteiger partial charge in [-0.25, -0.2) is 19.5 Å². The lowest BCUT2D eigenvalue weighted by atomic mass is 10.0. The summed E-state index contributed by atoms with van der Waals surface area (Å²) in [6, 6.07) is 45.4. The summed E-state index contributed by atoms with van der Waals surface area (Å²) in [5, 5.41) is 8.28. The van der Waals surface area contributed by atoms with E-state index in [1.165, 1.54) is 0 Å². The average molecular weight is 526 g/mol. The normalized spacial score (nSPS) is 11.4. The molecule has 0 unspecified atom stereocenters. The van der Waals surface area contributed by atoms with Gasteiger partial charge in [-0.15, -0.1) is 5.10 Å². The molecule has 0 bridgehead atoms. The molecule has 0 atom stereocenters. The van der Waals surface area contributed by atoms with E-state index in [1.54, 1.807) is 0 Å². The van der Waals surface area contributed by atoms with Gasteiger partial charge in [0.1, 0.15) is 5.69 Å². The molecule has 4 heterocycles. The number of pyridine rings is 3. The zero-order chi connectivity index (χ0) is 27.2. The van der Waals surface area contributed by atoms with Crippen LogP contribution in [0.1, 0.15) is 0 Å². The smallest absolute Gasteiger partial charge is 0.200 e. The van der Waals surface area contributed by atoms with Gasteiger partial charge in [0.25, 0.3) is 0 Å². The number of nitrogens with zero attached hydrogens (tertiary/aromatic N) is 5. The predicted molar refractivity (Wildman–Crippen MR) is 165 cm³/mol. The molecule has 8 aromatic rings. The van der Waals surface area contributed by atoms with Crippen molar-refractivity contribution in [3.63, 3.8) is 0 Å². The van der Waals surface area contributed by atoms with Crippen LogP contribution in [-0.2, 0) is 0 Å². The van der Waals surface area contributed by atoms with Crippen molar-refractivity contribution in [1.82, 2.24) is 24.6 Å². The van der Waals surface area contributed by atoms with E-state index >= 15 is 0 Å². The van der Waals surface area contributed by atoms with E-state index in [9.17, 15) is 0 Å². The minimum absolute atomic E-state index is 0.569. The molecule has 5 heteroatoms. The Hall–Kier alpha value is -5.68. The first-order valence-corrected chi connectivity index (χ1v) is 13.6. The van der Waals surface area contributed by atoms with Crippen LogP contribution in [0, 0.1) is 0 Å². The molecular weight excluding hydrogens is 502 g/mol. The number of rotatable bonds is 4. The highest BCUT2D eigenvalue weighted by Crippen LogP contribution is 2.33. The molecule has 0 spiro atoms. The van der Waals surface area contributed by atoms with Crippen LogP contribution in [0.2, 0.25) is 0 Å². The Balaban J connectivity index is 1.31. The summed E-state index contributed by atoms with van der Waals surface area (Å²) in [5.41, 5.74) is 8.36. The van der Waals surface area contributed by atoms with Crippen molar-refractivity contribution in [2.45, 2.75) is 0 Å². The topological polar surface area (TPSA) is 56.0 Å². The number of benzene rings is 4. The Morgan fingerprint density at radius 1 is 0.463 bits per heavy atom. The second kappa shape index (κ2) is 9.50. The van der Waals surface area contributed by atoms with Crippen LogP contribution in [0.15, 0.2) is 140 Å². The van der Waals surface area contributed by atoms with Crippen LogP contribution < -0.4 is 0 Å². The molecule has 4 aromatic carbocycles. The Morgan fingerprint density at radius 2 is 1.12 bits per heavy atom. The number of hydrogen-bond donors (Lipinski definition) is 0. The van der Waals surface area contributed by atoms with Gasteiger partial charge in [-0.1, -0.05) is 109 Å². The molecule has 0 saturated heterocycles. The molecule has 0 aliphatic carbocycles. The molecule has 4 aromatic heterocycles. The summed E-state index contributed by atoms with van der Waals surface area (Å²) in [5.74, 6) is 0.569. The number of hydrogen-bond acceptors (Lipinski definition) is 4. The zero-order valence-corrected chi connectivity index (χ0v) is 22.0. The fourth-order valence-electron chi connectivity index (χ4n) is 5.50. The maximum absolute atomic E-state index is 5.05. The van der Waals surface area contributed by atoms with Gasteiger partial charge in [0.05, 0.1) is 16.9 Å². The minimum atomic E-state index is 0.569. The highest BCUT2D eigenvalue weighted by atomic mass is 15.3. The van der Waals surface area contributed by atoms with Gasteiger partial charge in [0.2, 0.25) is 5.82 Å². The molecule has 5 nitrogen and oxygen atoms in total. The summed E-state index contributed by atoms with van der Waals surface area (Å²) in [6.07, 6.45) is 2.04. The number of fused-ring (bicyclic) bond motifs is 4. The number of aromatic nitrogens is 5. The SMILES string of the molecule is c1ccc(-c2cc(-c3ccccc3)c3nc(-c4cccc(-c5nc6ccccc6c6ccccc56)n4)nn3c2)cc1. The highest BCUT2D eigenvalue weighted by molar-refractivity contribution is 6.10. The molecule has 0 fully saturated rings. The third-order valence-electron chi connectivity index (χ3n) is 7.45. The fraction of sp³-hybridized carbons (Fsp3) is 0. The Kier molecular flexibility index (Phi) is 5.38. The van der Waals surface area contributed by atoms with Crippen LogP contribution in [0.3, 0.4) is 0 Å². The second-order valence-electron chi connectivity index (χ2n) is 10.0. The Bertz CT molecular complexity index is 2200. The van der Waals surface area contributed by atoms with Crippen molar-refractivity contribution in [3.8, 4) is 45.2 Å². The average Bonchev–Trinajstić information content (AvgIpc) is 3.49. The van der Waals surface area contributed by atoms with Gasteiger partial charge >= 0.3 is 0 Å². The maximum Gasteiger partial charge on any atom is 0.200 e. The lowest BCUT2D eigenvalue weighted by Gasteiger charge is -2.09. The third-order valence-corrected chi connectivity index (χ3v) is 7.45. The monoisotopic (exact) mass is 525 g/mol. The second-order valence-corrected chi connectivity index (χ2v) is 10.0. The first kappa shape index (κ1) is 23.2. The van der Waals surface area contributed by atoms with Gasteiger partial charge in [0, 0.05) is 28.1 Å². The van der Waals surface area contributed by atoms with Gasteiger partial charge in [-0.05, 0) is 40.8 Å². The molecule has 8 rings (SSSR count). The van der Waals surface area contributed by atoms with Crippen molar-refractivity contribution in [2.75, 3.05) is 0 Å². The van der Waals surface area contributed by atoms with E-state index < -0.39 is 0 Å². The lowest BCUT2D eigenvalue weighted by Crippen LogP contribution is -1.94. The van der Waals surface area contributed by atoms with Crippen LogP contribution in [0.4, 0.5) is 0 Å². The van der Waals surface area contributed by atoms with Gasteiger partial charge in [0.15, 0.2) is 5.65 Å². The van der Waals surface area contributed by atoms with Crippen molar-refractivity contribution in [1.29, 1.82) is 0 Å².